The van der Waals surface area contributed by atoms with Crippen LogP contribution in [0.5, 0.6) is 0 Å². The number of amides is 7. The van der Waals surface area contributed by atoms with Gasteiger partial charge in [0.15, 0.2) is 5.96 Å². The van der Waals surface area contributed by atoms with Gasteiger partial charge in [-0.05, 0) is 102 Å². The van der Waals surface area contributed by atoms with Crippen molar-refractivity contribution in [2.75, 3.05) is 52.4 Å². The van der Waals surface area contributed by atoms with E-state index in [-0.39, 0.29) is 77.1 Å². The highest BCUT2D eigenvalue weighted by atomic mass is 16.4. The summed E-state index contributed by atoms with van der Waals surface area (Å²) in [5, 5.41) is 71.2. The topological polar surface area (TPSA) is 539 Å². The molecule has 442 valence electrons. The van der Waals surface area contributed by atoms with E-state index in [1.54, 1.807) is 12.3 Å². The van der Waals surface area contributed by atoms with Crippen molar-refractivity contribution in [3.8, 4) is 0 Å². The highest BCUT2D eigenvalue weighted by molar-refractivity contribution is 5.97. The Morgan fingerprint density at radius 1 is 0.734 bits per heavy atom. The van der Waals surface area contributed by atoms with Crippen molar-refractivity contribution in [3.63, 3.8) is 0 Å². The number of H-pyrrole nitrogens is 1. The Bertz CT molecular complexity index is 2360. The molecule has 1 aliphatic rings. The number of para-hydroxylation sites is 1. The van der Waals surface area contributed by atoms with Crippen LogP contribution < -0.4 is 82.7 Å². The zero-order valence-corrected chi connectivity index (χ0v) is 44.4. The lowest BCUT2D eigenvalue weighted by Crippen LogP contribution is -2.63. The molecular weight excluding hydrogens is 1030 g/mol. The number of nitrogens with one attached hydrogen (secondary N) is 10. The van der Waals surface area contributed by atoms with E-state index in [2.05, 4.69) is 47.5 Å². The van der Waals surface area contributed by atoms with Gasteiger partial charge in [0.2, 0.25) is 41.4 Å². The second-order valence-corrected chi connectivity index (χ2v) is 19.1. The van der Waals surface area contributed by atoms with Gasteiger partial charge >= 0.3 is 5.97 Å². The van der Waals surface area contributed by atoms with Gasteiger partial charge in [0.05, 0.1) is 36.9 Å². The number of hydrogen-bond acceptors (Lipinski definition) is 19. The fraction of sp³-hybridized carbons (Fsp3) is 0.612. The number of aliphatic hydroxyl groups is 3. The number of aliphatic hydroxyl groups excluding tert-OH is 3. The predicted octanol–water partition coefficient (Wildman–Crippen LogP) is -7.05. The molecule has 0 aliphatic carbocycles. The van der Waals surface area contributed by atoms with Crippen LogP contribution in [0.25, 0.3) is 10.9 Å². The third-order valence-corrected chi connectivity index (χ3v) is 13.1. The van der Waals surface area contributed by atoms with Gasteiger partial charge in [-0.25, -0.2) is 4.79 Å². The second-order valence-electron chi connectivity index (χ2n) is 19.1. The number of nitrogens with two attached hydrogens (primary N) is 7. The molecule has 0 saturated carbocycles. The van der Waals surface area contributed by atoms with Crippen molar-refractivity contribution in [1.29, 1.82) is 5.41 Å². The summed E-state index contributed by atoms with van der Waals surface area (Å²) in [6.07, 6.45) is 1.12. The monoisotopic (exact) mass is 1120 g/mol. The molecule has 1 aromatic heterocycles. The van der Waals surface area contributed by atoms with Crippen LogP contribution in [0.2, 0.25) is 0 Å². The quantitative estimate of drug-likeness (QED) is 0.00983. The van der Waals surface area contributed by atoms with Crippen LogP contribution in [-0.2, 0) is 44.8 Å². The number of aliphatic carboxylic acids is 1. The van der Waals surface area contributed by atoms with Gasteiger partial charge in [-0.1, -0.05) is 30.7 Å². The van der Waals surface area contributed by atoms with Gasteiger partial charge in [-0.3, -0.25) is 44.3 Å². The molecule has 79 heavy (non-hydrogen) atoms. The molecule has 1 saturated heterocycles. The highest BCUT2D eigenvalue weighted by Crippen LogP contribution is 2.24. The van der Waals surface area contributed by atoms with E-state index < -0.39 is 133 Å². The fourth-order valence-corrected chi connectivity index (χ4v) is 8.72. The third kappa shape index (κ3) is 21.7. The maximum absolute atomic E-state index is 14.5. The Morgan fingerprint density at radius 2 is 1.35 bits per heavy atom. The molecule has 28 N–H and O–H groups in total. The number of nitrogens with zero attached hydrogens (tertiary/aromatic N) is 1. The second kappa shape index (κ2) is 34.9. The Labute approximate surface area is 457 Å². The lowest BCUT2D eigenvalue weighted by atomic mass is 10.0. The molecule has 7 amide bonds. The summed E-state index contributed by atoms with van der Waals surface area (Å²) in [4.78, 5) is 113. The molecule has 1 unspecified atom stereocenters. The number of fused-ring (bicyclic) bond motifs is 1. The number of carboxylic acid groups (broad SMARTS) is 1. The summed E-state index contributed by atoms with van der Waals surface area (Å²) in [5.74, 6) is -7.91. The van der Waals surface area contributed by atoms with Gasteiger partial charge in [0.25, 0.3) is 0 Å². The Balaban J connectivity index is 1.83. The van der Waals surface area contributed by atoms with E-state index in [0.717, 1.165) is 10.9 Å². The highest BCUT2D eigenvalue weighted by Gasteiger charge is 2.40. The van der Waals surface area contributed by atoms with Crippen LogP contribution in [-0.4, -0.2) is 197 Å². The van der Waals surface area contributed by atoms with E-state index in [9.17, 15) is 58.8 Å². The number of benzene rings is 1. The molecule has 0 radical (unpaired) electrons. The molecule has 0 spiro atoms. The molecule has 3 rings (SSSR count). The minimum atomic E-state index is -1.82. The molecule has 30 nitrogen and oxygen atoms in total. The first-order chi connectivity index (χ1) is 37.7. The van der Waals surface area contributed by atoms with E-state index in [1.807, 2.05) is 18.2 Å². The van der Waals surface area contributed by atoms with Crippen LogP contribution in [0.4, 0.5) is 0 Å². The zero-order valence-electron chi connectivity index (χ0n) is 44.4. The van der Waals surface area contributed by atoms with E-state index >= 15 is 0 Å². The van der Waals surface area contributed by atoms with E-state index in [4.69, 9.17) is 45.5 Å². The van der Waals surface area contributed by atoms with Crippen LogP contribution in [0.15, 0.2) is 42.2 Å². The van der Waals surface area contributed by atoms with Crippen molar-refractivity contribution in [1.82, 2.24) is 52.4 Å². The molecular formula is C49H84N18O12. The van der Waals surface area contributed by atoms with Gasteiger partial charge < -0.3 is 108 Å². The summed E-state index contributed by atoms with van der Waals surface area (Å²) in [5.41, 5.74) is 40.5. The minimum absolute atomic E-state index is 0.0207. The standard InChI is InChI=1S/C49H84N18O12/c50-17-5-3-11-29(55)41(71)65-40(37(69)24-54)46(76)66-39(36(68)23-53)45(75)60-26-38(70)61-32(14-7-19-52)47(77)67-21-9-16-35(67)44(74)64-34(22-27-25-59-30-12-2-1-10-28(27)30)43(73)62-31(13-4-6-18-51)42(72)63-33(48(78)79)15-8-20-58-49(56)57/h1-2,10,12,15,25,29,31-32,34-37,39-40,44,59,64,68-69,74H,3-9,11,13-14,16-24,26,50-55H2,(H,60,75)(H,61,70)(H,62,73)(H,63,72)(H,65,71)(H,66,76)(H,78,79)(H4,56,57,58)/b33-15-/t29-,31-,32+,34-,35-,36-,37-,39-,40-,44?/m0/s1. The number of guanidine groups is 1. The number of carbonyl (C=O) groups is 8. The summed E-state index contributed by atoms with van der Waals surface area (Å²) in [6.45, 7) is -0.855. The predicted molar refractivity (Wildman–Crippen MR) is 291 cm³/mol. The maximum Gasteiger partial charge on any atom is 0.352 e. The molecule has 2 heterocycles. The number of rotatable bonds is 37. The Hall–Kier alpha value is -6.87. The summed E-state index contributed by atoms with van der Waals surface area (Å²) >= 11 is 0. The zero-order chi connectivity index (χ0) is 58.6. The first-order valence-electron chi connectivity index (χ1n) is 26.4. The van der Waals surface area contributed by atoms with Crippen molar-refractivity contribution in [2.45, 2.75) is 138 Å². The number of unbranched alkanes of at least 4 members (excludes halogenated alkanes) is 2. The van der Waals surface area contributed by atoms with Crippen LogP contribution in [0.3, 0.4) is 0 Å². The first-order valence-corrected chi connectivity index (χ1v) is 26.4. The van der Waals surface area contributed by atoms with Crippen LogP contribution in [0, 0.1) is 5.41 Å². The van der Waals surface area contributed by atoms with Gasteiger partial charge in [-0.15, -0.1) is 0 Å². The fourth-order valence-electron chi connectivity index (χ4n) is 8.72. The Kier molecular flexibility index (Phi) is 29.3. The average molecular weight is 1120 g/mol. The normalized spacial score (nSPS) is 16.9. The summed E-state index contributed by atoms with van der Waals surface area (Å²) in [6, 6.07) is -2.08. The SMILES string of the molecule is N=C(N)NCC/C=C(\NC(=O)[C@H](CCCCN)NC(=O)[C@H](Cc1c[nH]c2ccccc12)NC(O)[C@@H]1CCCN1C(=O)[C@@H](CCCN)NC(=O)CNC(=O)[C@@H](NC(=O)[C@@H](NC(=O)[C@@H](N)CCCCN)[C@@H](O)CN)[C@@H](O)CN)C(=O)O. The first kappa shape index (κ1) is 66.4. The van der Waals surface area contributed by atoms with Gasteiger partial charge in [0, 0.05) is 43.3 Å². The smallest absolute Gasteiger partial charge is 0.352 e. The van der Waals surface area contributed by atoms with Crippen molar-refractivity contribution in [3.05, 3.63) is 47.8 Å². The molecule has 1 aliphatic heterocycles. The number of likely N-dealkylation sites (tertiary alicyclic amines) is 1. The van der Waals surface area contributed by atoms with Crippen LogP contribution in [0.1, 0.15) is 76.2 Å². The molecule has 0 bridgehead atoms. The number of aromatic nitrogens is 1. The Morgan fingerprint density at radius 3 is 1.99 bits per heavy atom. The number of carbonyl (C=O) groups excluding carboxylic acids is 7. The largest absolute Gasteiger partial charge is 0.477 e. The number of aromatic amines is 1. The molecule has 10 atom stereocenters. The van der Waals surface area contributed by atoms with Crippen molar-refractivity contribution >= 4 is 64.2 Å². The minimum Gasteiger partial charge on any atom is -0.477 e. The molecule has 30 heteroatoms. The molecule has 2 aromatic rings. The summed E-state index contributed by atoms with van der Waals surface area (Å²) in [7, 11) is 0. The van der Waals surface area contributed by atoms with Crippen molar-refractivity contribution < 1.29 is 58.8 Å². The molecule has 1 aromatic carbocycles. The van der Waals surface area contributed by atoms with E-state index in [1.165, 1.54) is 11.0 Å². The van der Waals surface area contributed by atoms with E-state index in [0.29, 0.717) is 44.2 Å². The third-order valence-electron chi connectivity index (χ3n) is 13.1. The van der Waals surface area contributed by atoms with Crippen LogP contribution >= 0.6 is 0 Å². The lowest BCUT2D eigenvalue weighted by Gasteiger charge is -2.34. The van der Waals surface area contributed by atoms with Crippen molar-refractivity contribution in [2.24, 2.45) is 40.1 Å². The number of carboxylic acids is 1. The van der Waals surface area contributed by atoms with Gasteiger partial charge in [-0.2, -0.15) is 0 Å². The average Bonchev–Trinajstić information content (AvgIpc) is 4.11. The summed E-state index contributed by atoms with van der Waals surface area (Å²) < 4.78 is 0. The lowest BCUT2D eigenvalue weighted by molar-refractivity contribution is -0.140. The maximum atomic E-state index is 14.5. The molecule has 1 fully saturated rings. The van der Waals surface area contributed by atoms with Gasteiger partial charge in [0.1, 0.15) is 36.1 Å². The number of hydrogen-bond donors (Lipinski definition) is 21.